The van der Waals surface area contributed by atoms with Crippen LogP contribution < -0.4 is 5.32 Å². The zero-order chi connectivity index (χ0) is 14.5. The van der Waals surface area contributed by atoms with Gasteiger partial charge in [0.15, 0.2) is 0 Å². The van der Waals surface area contributed by atoms with E-state index in [9.17, 15) is 14.4 Å². The van der Waals surface area contributed by atoms with Crippen LogP contribution >= 0.6 is 0 Å². The predicted octanol–water partition coefficient (Wildman–Crippen LogP) is 0.322. The summed E-state index contributed by atoms with van der Waals surface area (Å²) in [5, 5.41) is 2.43. The quantitative estimate of drug-likeness (QED) is 0.786. The first kappa shape index (κ1) is 14.0. The van der Waals surface area contributed by atoms with Crippen LogP contribution in [0.4, 0.5) is 0 Å². The van der Waals surface area contributed by atoms with E-state index in [1.54, 1.807) is 19.1 Å². The third-order valence-corrected chi connectivity index (χ3v) is 2.97. The number of ether oxygens (including phenoxy) is 1. The molecule has 6 nitrogen and oxygen atoms in total. The van der Waals surface area contributed by atoms with Crippen molar-refractivity contribution in [3.05, 3.63) is 35.4 Å². The van der Waals surface area contributed by atoms with Gasteiger partial charge in [0.25, 0.3) is 5.91 Å². The summed E-state index contributed by atoms with van der Waals surface area (Å²) in [6.45, 7) is 2.14. The minimum atomic E-state index is -0.489. The third-order valence-electron chi connectivity index (χ3n) is 2.97. The number of rotatable bonds is 5. The summed E-state index contributed by atoms with van der Waals surface area (Å²) in [6, 6.07) is 7.26. The van der Waals surface area contributed by atoms with Gasteiger partial charge in [-0.05, 0) is 18.6 Å². The Morgan fingerprint density at radius 2 is 2.10 bits per heavy atom. The number of esters is 1. The molecule has 1 aliphatic heterocycles. The Kier molecular flexibility index (Phi) is 4.34. The molecule has 1 aromatic rings. The van der Waals surface area contributed by atoms with Crippen LogP contribution in [0.25, 0.3) is 0 Å². The van der Waals surface area contributed by atoms with Crippen LogP contribution in [0.3, 0.4) is 0 Å². The number of hydrogen-bond donors (Lipinski definition) is 1. The Morgan fingerprint density at radius 1 is 1.35 bits per heavy atom. The maximum atomic E-state index is 12.0. The fourth-order valence-electron chi connectivity index (χ4n) is 2.05. The first-order chi connectivity index (χ1) is 9.61. The summed E-state index contributed by atoms with van der Waals surface area (Å²) < 4.78 is 4.70. The molecule has 6 heteroatoms. The first-order valence-corrected chi connectivity index (χ1v) is 6.41. The molecule has 1 aliphatic rings. The maximum absolute atomic E-state index is 12.0. The van der Waals surface area contributed by atoms with Gasteiger partial charge in [0.2, 0.25) is 5.91 Å². The van der Waals surface area contributed by atoms with Crippen LogP contribution in [0.5, 0.6) is 0 Å². The van der Waals surface area contributed by atoms with Gasteiger partial charge in [-0.15, -0.1) is 0 Å². The molecular formula is C14H16N2O4. The topological polar surface area (TPSA) is 75.7 Å². The average Bonchev–Trinajstić information content (AvgIpc) is 2.74. The van der Waals surface area contributed by atoms with Crippen molar-refractivity contribution < 1.29 is 19.1 Å². The van der Waals surface area contributed by atoms with Gasteiger partial charge >= 0.3 is 5.97 Å². The van der Waals surface area contributed by atoms with Crippen molar-refractivity contribution in [2.75, 3.05) is 19.7 Å². The molecule has 0 unspecified atom stereocenters. The first-order valence-electron chi connectivity index (χ1n) is 6.41. The molecule has 1 heterocycles. The highest BCUT2D eigenvalue weighted by molar-refractivity contribution is 6.00. The standard InChI is InChI=1S/C14H16N2O4/c1-2-20-13(18)7-15-12(17)9-16-8-10-5-3-4-6-11(10)14(16)19/h3-6H,2,7-9H2,1H3,(H,15,17). The monoisotopic (exact) mass is 276 g/mol. The van der Waals surface area contributed by atoms with E-state index in [1.165, 1.54) is 4.90 Å². The molecule has 106 valence electrons. The van der Waals surface area contributed by atoms with E-state index in [0.29, 0.717) is 12.1 Å². The average molecular weight is 276 g/mol. The number of carbonyl (C=O) groups excluding carboxylic acids is 3. The highest BCUT2D eigenvalue weighted by Gasteiger charge is 2.28. The Morgan fingerprint density at radius 3 is 2.80 bits per heavy atom. The van der Waals surface area contributed by atoms with Crippen molar-refractivity contribution in [3.8, 4) is 0 Å². The number of benzene rings is 1. The van der Waals surface area contributed by atoms with Crippen LogP contribution in [0.2, 0.25) is 0 Å². The molecule has 20 heavy (non-hydrogen) atoms. The van der Waals surface area contributed by atoms with Crippen LogP contribution in [-0.4, -0.2) is 42.4 Å². The van der Waals surface area contributed by atoms with Crippen LogP contribution in [0.1, 0.15) is 22.8 Å². The lowest BCUT2D eigenvalue weighted by molar-refractivity contribution is -0.143. The van der Waals surface area contributed by atoms with Crippen molar-refractivity contribution in [3.63, 3.8) is 0 Å². The Hall–Kier alpha value is -2.37. The minimum absolute atomic E-state index is 0.0626. The normalized spacial score (nSPS) is 13.1. The van der Waals surface area contributed by atoms with Crippen molar-refractivity contribution in [2.45, 2.75) is 13.5 Å². The number of nitrogens with zero attached hydrogens (tertiary/aromatic N) is 1. The van der Waals surface area contributed by atoms with Crippen LogP contribution in [0.15, 0.2) is 24.3 Å². The number of carbonyl (C=O) groups is 3. The van der Waals surface area contributed by atoms with Gasteiger partial charge in [0.05, 0.1) is 6.61 Å². The molecule has 0 spiro atoms. The fraction of sp³-hybridized carbons (Fsp3) is 0.357. The summed E-state index contributed by atoms with van der Waals surface area (Å²) in [5.41, 5.74) is 1.54. The molecule has 0 bridgehead atoms. The molecular weight excluding hydrogens is 260 g/mol. The fourth-order valence-corrected chi connectivity index (χ4v) is 2.05. The molecule has 0 aliphatic carbocycles. The van der Waals surface area contributed by atoms with Crippen molar-refractivity contribution in [2.24, 2.45) is 0 Å². The van der Waals surface area contributed by atoms with E-state index < -0.39 is 5.97 Å². The highest BCUT2D eigenvalue weighted by atomic mass is 16.5. The largest absolute Gasteiger partial charge is 0.465 e. The molecule has 0 fully saturated rings. The van der Waals surface area contributed by atoms with Gasteiger partial charge in [-0.25, -0.2) is 0 Å². The van der Waals surface area contributed by atoms with Gasteiger partial charge in [-0.3, -0.25) is 14.4 Å². The second kappa shape index (κ2) is 6.18. The summed E-state index contributed by atoms with van der Waals surface area (Å²) >= 11 is 0. The minimum Gasteiger partial charge on any atom is -0.465 e. The van der Waals surface area contributed by atoms with E-state index in [2.05, 4.69) is 5.32 Å². The van der Waals surface area contributed by atoms with Gasteiger partial charge in [-0.1, -0.05) is 18.2 Å². The van der Waals surface area contributed by atoms with Gasteiger partial charge in [0, 0.05) is 12.1 Å². The molecule has 0 atom stereocenters. The van der Waals surface area contributed by atoms with E-state index in [-0.39, 0.29) is 31.5 Å². The molecule has 0 saturated heterocycles. The number of hydrogen-bond acceptors (Lipinski definition) is 4. The summed E-state index contributed by atoms with van der Waals surface area (Å²) in [5.74, 6) is -1.03. The molecule has 0 aromatic heterocycles. The molecule has 1 aromatic carbocycles. The van der Waals surface area contributed by atoms with E-state index in [0.717, 1.165) is 5.56 Å². The molecule has 2 rings (SSSR count). The maximum Gasteiger partial charge on any atom is 0.325 e. The lowest BCUT2D eigenvalue weighted by Gasteiger charge is -2.14. The van der Waals surface area contributed by atoms with Crippen molar-refractivity contribution in [1.29, 1.82) is 0 Å². The van der Waals surface area contributed by atoms with E-state index >= 15 is 0 Å². The Bertz CT molecular complexity index is 542. The summed E-state index contributed by atoms with van der Waals surface area (Å²) in [7, 11) is 0. The smallest absolute Gasteiger partial charge is 0.325 e. The van der Waals surface area contributed by atoms with Crippen LogP contribution in [0, 0.1) is 0 Å². The Labute approximate surface area is 116 Å². The molecule has 0 radical (unpaired) electrons. The summed E-state index contributed by atoms with van der Waals surface area (Å²) in [4.78, 5) is 36.3. The highest BCUT2D eigenvalue weighted by Crippen LogP contribution is 2.21. The predicted molar refractivity (Wildman–Crippen MR) is 70.8 cm³/mol. The van der Waals surface area contributed by atoms with Crippen molar-refractivity contribution >= 4 is 17.8 Å². The van der Waals surface area contributed by atoms with Gasteiger partial charge in [-0.2, -0.15) is 0 Å². The zero-order valence-electron chi connectivity index (χ0n) is 11.2. The molecule has 0 saturated carbocycles. The second-order valence-corrected chi connectivity index (χ2v) is 4.40. The van der Waals surface area contributed by atoms with Gasteiger partial charge in [0.1, 0.15) is 13.1 Å². The SMILES string of the molecule is CCOC(=O)CNC(=O)CN1Cc2ccccc2C1=O. The van der Waals surface area contributed by atoms with Crippen molar-refractivity contribution in [1.82, 2.24) is 10.2 Å². The number of nitrogens with one attached hydrogen (secondary N) is 1. The second-order valence-electron chi connectivity index (χ2n) is 4.40. The zero-order valence-corrected chi connectivity index (χ0v) is 11.2. The molecule has 2 amide bonds. The van der Waals surface area contributed by atoms with E-state index in [4.69, 9.17) is 4.74 Å². The Balaban J connectivity index is 1.85. The molecule has 1 N–H and O–H groups in total. The van der Waals surface area contributed by atoms with E-state index in [1.807, 2.05) is 12.1 Å². The van der Waals surface area contributed by atoms with Gasteiger partial charge < -0.3 is 15.0 Å². The third kappa shape index (κ3) is 3.14. The summed E-state index contributed by atoms with van der Waals surface area (Å²) in [6.07, 6.45) is 0. The van der Waals surface area contributed by atoms with Crippen LogP contribution in [-0.2, 0) is 20.9 Å². The lowest BCUT2D eigenvalue weighted by Crippen LogP contribution is -2.39. The number of amides is 2. The lowest BCUT2D eigenvalue weighted by atomic mass is 10.1. The number of fused-ring (bicyclic) bond motifs is 1.